The molecule has 0 saturated carbocycles. The van der Waals surface area contributed by atoms with Gasteiger partial charge < -0.3 is 10.1 Å². The highest BCUT2D eigenvalue weighted by atomic mass is 16.5. The molecule has 118 valence electrons. The van der Waals surface area contributed by atoms with E-state index in [9.17, 15) is 9.59 Å². The van der Waals surface area contributed by atoms with Gasteiger partial charge in [-0.15, -0.1) is 0 Å². The Kier molecular flexibility index (Phi) is 5.33. The van der Waals surface area contributed by atoms with E-state index in [0.29, 0.717) is 18.8 Å². The lowest BCUT2D eigenvalue weighted by Gasteiger charge is -2.32. The number of nitrogens with zero attached hydrogens (tertiary/aromatic N) is 3. The fourth-order valence-electron chi connectivity index (χ4n) is 2.50. The molecule has 1 atom stereocenters. The van der Waals surface area contributed by atoms with Gasteiger partial charge in [-0.25, -0.2) is 4.79 Å². The molecule has 2 heterocycles. The first-order valence-corrected chi connectivity index (χ1v) is 7.33. The summed E-state index contributed by atoms with van der Waals surface area (Å²) in [6.07, 6.45) is 0.155. The highest BCUT2D eigenvalue weighted by Gasteiger charge is 2.18. The maximum absolute atomic E-state index is 11.8. The van der Waals surface area contributed by atoms with E-state index in [0.717, 1.165) is 30.8 Å². The summed E-state index contributed by atoms with van der Waals surface area (Å²) < 4.78 is 8.30. The predicted molar refractivity (Wildman–Crippen MR) is 80.5 cm³/mol. The largest absolute Gasteiger partial charge is 0.374 e. The molecule has 1 aromatic rings. The first-order valence-electron chi connectivity index (χ1n) is 7.33. The molecule has 7 nitrogen and oxygen atoms in total. The Morgan fingerprint density at radius 1 is 1.33 bits per heavy atom. The van der Waals surface area contributed by atoms with Gasteiger partial charge in [0.15, 0.2) is 0 Å². The van der Waals surface area contributed by atoms with Crippen LogP contribution in [0.25, 0.3) is 0 Å². The maximum atomic E-state index is 11.8. The second-order valence-corrected chi connectivity index (χ2v) is 5.39. The monoisotopic (exact) mass is 296 g/mol. The summed E-state index contributed by atoms with van der Waals surface area (Å²) in [6, 6.07) is 1.49. The van der Waals surface area contributed by atoms with Crippen LogP contribution in [0.3, 0.4) is 0 Å². The second kappa shape index (κ2) is 7.02. The summed E-state index contributed by atoms with van der Waals surface area (Å²) >= 11 is 0. The van der Waals surface area contributed by atoms with E-state index in [1.54, 1.807) is 7.05 Å². The van der Waals surface area contributed by atoms with Crippen molar-refractivity contribution in [2.75, 3.05) is 32.8 Å². The normalized spacial score (nSPS) is 19.9. The third-order valence-corrected chi connectivity index (χ3v) is 3.97. The Morgan fingerprint density at radius 2 is 2.10 bits per heavy atom. The molecule has 2 rings (SSSR count). The average Bonchev–Trinajstić information content (AvgIpc) is 2.50. The lowest BCUT2D eigenvalue weighted by molar-refractivity contribution is -0.0254. The van der Waals surface area contributed by atoms with Gasteiger partial charge >= 0.3 is 5.69 Å². The smallest absolute Gasteiger partial charge is 0.330 e. The zero-order chi connectivity index (χ0) is 15.4. The minimum absolute atomic E-state index is 0.155. The van der Waals surface area contributed by atoms with Crippen LogP contribution < -0.4 is 16.6 Å². The summed E-state index contributed by atoms with van der Waals surface area (Å²) in [6.45, 7) is 7.02. The molecule has 0 aromatic carbocycles. The molecule has 1 aliphatic heterocycles. The van der Waals surface area contributed by atoms with Crippen LogP contribution in [0.15, 0.2) is 15.7 Å². The van der Waals surface area contributed by atoms with Crippen molar-refractivity contribution in [1.82, 2.24) is 19.4 Å². The van der Waals surface area contributed by atoms with Crippen molar-refractivity contribution in [3.8, 4) is 0 Å². The summed E-state index contributed by atoms with van der Waals surface area (Å²) in [5.41, 5.74) is 0.109. The fourth-order valence-corrected chi connectivity index (χ4v) is 2.50. The number of hydrogen-bond acceptors (Lipinski definition) is 5. The van der Waals surface area contributed by atoms with Gasteiger partial charge in [-0.2, -0.15) is 0 Å². The van der Waals surface area contributed by atoms with E-state index in [1.165, 1.54) is 17.7 Å². The molecule has 0 radical (unpaired) electrons. The number of rotatable bonds is 5. The molecule has 7 heteroatoms. The van der Waals surface area contributed by atoms with Crippen molar-refractivity contribution in [1.29, 1.82) is 0 Å². The molecule has 1 saturated heterocycles. The molecule has 1 N–H and O–H groups in total. The van der Waals surface area contributed by atoms with Crippen LogP contribution in [0.2, 0.25) is 0 Å². The molecule has 1 unspecified atom stereocenters. The molecule has 0 bridgehead atoms. The predicted octanol–water partition coefficient (Wildman–Crippen LogP) is -1.11. The van der Waals surface area contributed by atoms with Crippen molar-refractivity contribution < 1.29 is 4.74 Å². The van der Waals surface area contributed by atoms with Crippen LogP contribution in [0.4, 0.5) is 0 Å². The quantitative estimate of drug-likeness (QED) is 0.746. The molecular weight excluding hydrogens is 272 g/mol. The topological polar surface area (TPSA) is 68.5 Å². The van der Waals surface area contributed by atoms with Gasteiger partial charge in [0.25, 0.3) is 5.56 Å². The summed E-state index contributed by atoms with van der Waals surface area (Å²) in [4.78, 5) is 25.8. The SMILES string of the molecule is CCN1CCOC(CNCc2cc(=O)n(C)c(=O)n2C)C1. The van der Waals surface area contributed by atoms with Gasteiger partial charge in [-0.1, -0.05) is 6.92 Å². The molecule has 0 aliphatic carbocycles. The van der Waals surface area contributed by atoms with Gasteiger partial charge in [0.2, 0.25) is 0 Å². The third-order valence-electron chi connectivity index (χ3n) is 3.97. The zero-order valence-electron chi connectivity index (χ0n) is 13.0. The van der Waals surface area contributed by atoms with E-state index in [2.05, 4.69) is 17.1 Å². The van der Waals surface area contributed by atoms with Gasteiger partial charge in [0.1, 0.15) is 0 Å². The van der Waals surface area contributed by atoms with Crippen LogP contribution >= 0.6 is 0 Å². The Labute approximate surface area is 124 Å². The van der Waals surface area contributed by atoms with Gasteiger partial charge in [0, 0.05) is 52.0 Å². The Hall–Kier alpha value is -1.44. The summed E-state index contributed by atoms with van der Waals surface area (Å²) in [5, 5.41) is 3.27. The van der Waals surface area contributed by atoms with E-state index >= 15 is 0 Å². The third kappa shape index (κ3) is 3.81. The van der Waals surface area contributed by atoms with Crippen molar-refractivity contribution in [3.63, 3.8) is 0 Å². The van der Waals surface area contributed by atoms with Crippen LogP contribution in [0.5, 0.6) is 0 Å². The molecule has 1 aromatic heterocycles. The summed E-state index contributed by atoms with van der Waals surface area (Å²) in [7, 11) is 3.16. The Bertz CT molecular complexity index is 593. The zero-order valence-corrected chi connectivity index (χ0v) is 13.0. The van der Waals surface area contributed by atoms with Crippen LogP contribution in [0, 0.1) is 0 Å². The summed E-state index contributed by atoms with van der Waals surface area (Å²) in [5.74, 6) is 0. The second-order valence-electron chi connectivity index (χ2n) is 5.39. The number of aromatic nitrogens is 2. The van der Waals surface area contributed by atoms with Crippen LogP contribution in [-0.4, -0.2) is 52.9 Å². The van der Waals surface area contributed by atoms with E-state index in [-0.39, 0.29) is 17.4 Å². The highest BCUT2D eigenvalue weighted by molar-refractivity contribution is 5.01. The number of morpholine rings is 1. The minimum Gasteiger partial charge on any atom is -0.374 e. The van der Waals surface area contributed by atoms with Crippen molar-refractivity contribution in [2.45, 2.75) is 19.6 Å². The molecular formula is C14H24N4O3. The lowest BCUT2D eigenvalue weighted by atomic mass is 10.2. The molecule has 21 heavy (non-hydrogen) atoms. The van der Waals surface area contributed by atoms with Gasteiger partial charge in [-0.3, -0.25) is 18.8 Å². The van der Waals surface area contributed by atoms with Crippen LogP contribution in [0.1, 0.15) is 12.6 Å². The Morgan fingerprint density at radius 3 is 2.81 bits per heavy atom. The fraction of sp³-hybridized carbons (Fsp3) is 0.714. The van der Waals surface area contributed by atoms with Crippen molar-refractivity contribution in [3.05, 3.63) is 32.6 Å². The molecule has 1 fully saturated rings. The highest BCUT2D eigenvalue weighted by Crippen LogP contribution is 2.03. The number of likely N-dealkylation sites (N-methyl/N-ethyl adjacent to an activating group) is 1. The van der Waals surface area contributed by atoms with E-state index < -0.39 is 0 Å². The first-order chi connectivity index (χ1) is 10.0. The molecule has 1 aliphatic rings. The van der Waals surface area contributed by atoms with Crippen LogP contribution in [-0.2, 0) is 25.4 Å². The van der Waals surface area contributed by atoms with Crippen molar-refractivity contribution >= 4 is 0 Å². The van der Waals surface area contributed by atoms with E-state index in [4.69, 9.17) is 4.74 Å². The molecule has 0 amide bonds. The standard InChI is InChI=1S/C14H24N4O3/c1-4-18-5-6-21-12(10-18)9-15-8-11-7-13(19)17(3)14(20)16(11)2/h7,12,15H,4-6,8-10H2,1-3H3. The molecule has 0 spiro atoms. The Balaban J connectivity index is 1.92. The lowest BCUT2D eigenvalue weighted by Crippen LogP contribution is -2.46. The number of hydrogen-bond donors (Lipinski definition) is 1. The average molecular weight is 296 g/mol. The first kappa shape index (κ1) is 15.9. The number of ether oxygens (including phenoxy) is 1. The van der Waals surface area contributed by atoms with Crippen molar-refractivity contribution in [2.24, 2.45) is 14.1 Å². The van der Waals surface area contributed by atoms with Gasteiger partial charge in [-0.05, 0) is 6.54 Å². The maximum Gasteiger partial charge on any atom is 0.330 e. The van der Waals surface area contributed by atoms with Gasteiger partial charge in [0.05, 0.1) is 12.7 Å². The van der Waals surface area contributed by atoms with E-state index in [1.807, 2.05) is 0 Å². The minimum atomic E-state index is -0.301. The number of nitrogens with one attached hydrogen (secondary N) is 1.